The fourth-order valence-electron chi connectivity index (χ4n) is 3.92. The van der Waals surface area contributed by atoms with Crippen LogP contribution in [0.1, 0.15) is 23.5 Å². The Labute approximate surface area is 119 Å². The van der Waals surface area contributed by atoms with Gasteiger partial charge in [-0.1, -0.05) is 48.5 Å². The Morgan fingerprint density at radius 1 is 1.05 bits per heavy atom. The van der Waals surface area contributed by atoms with Crippen molar-refractivity contribution in [1.29, 1.82) is 0 Å². The van der Waals surface area contributed by atoms with Crippen molar-refractivity contribution in [3.05, 3.63) is 65.7 Å². The first-order chi connectivity index (χ1) is 9.76. The molecule has 102 valence electrons. The quantitative estimate of drug-likeness (QED) is 0.902. The molecule has 1 saturated heterocycles. The summed E-state index contributed by atoms with van der Waals surface area (Å²) < 4.78 is 0. The van der Waals surface area contributed by atoms with Crippen molar-refractivity contribution in [2.45, 2.75) is 24.4 Å². The number of para-hydroxylation sites is 1. The Balaban J connectivity index is 1.72. The van der Waals surface area contributed by atoms with E-state index >= 15 is 0 Å². The molecule has 5 rings (SSSR count). The molecule has 1 fully saturated rings. The molecule has 2 aromatic rings. The second-order valence-electron chi connectivity index (χ2n) is 6.09. The van der Waals surface area contributed by atoms with Crippen molar-refractivity contribution in [3.8, 4) is 0 Å². The average Bonchev–Trinajstić information content (AvgIpc) is 2.48. The summed E-state index contributed by atoms with van der Waals surface area (Å²) in [6.07, 6.45) is 1.80. The van der Waals surface area contributed by atoms with Crippen LogP contribution in [0.4, 0.5) is 5.69 Å². The molecule has 0 aliphatic carbocycles. The largest absolute Gasteiger partial charge is 0.387 e. The van der Waals surface area contributed by atoms with Gasteiger partial charge >= 0.3 is 0 Å². The third kappa shape index (κ3) is 1.75. The maximum Gasteiger partial charge on any atom is 0.0931 e. The number of rotatable bonds is 2. The topological polar surface area (TPSA) is 23.5 Å². The monoisotopic (exact) mass is 265 g/mol. The average molecular weight is 265 g/mol. The van der Waals surface area contributed by atoms with Crippen molar-refractivity contribution in [3.63, 3.8) is 0 Å². The first-order valence-corrected chi connectivity index (χ1v) is 7.36. The summed E-state index contributed by atoms with van der Waals surface area (Å²) in [5, 5.41) is 11.2. The molecule has 0 amide bonds. The SMILES string of the molecule is O[C@@]1(Cc2ccccc2)CN2CC[C@H]1c1ccccc12. The lowest BCUT2D eigenvalue weighted by molar-refractivity contribution is -0.000929. The maximum atomic E-state index is 11.2. The maximum absolute atomic E-state index is 11.2. The van der Waals surface area contributed by atoms with Crippen LogP contribution in [-0.2, 0) is 6.42 Å². The van der Waals surface area contributed by atoms with Gasteiger partial charge in [0.15, 0.2) is 0 Å². The van der Waals surface area contributed by atoms with Crippen LogP contribution in [0.5, 0.6) is 0 Å². The highest BCUT2D eigenvalue weighted by atomic mass is 16.3. The van der Waals surface area contributed by atoms with Crippen LogP contribution in [0.2, 0.25) is 0 Å². The van der Waals surface area contributed by atoms with Crippen LogP contribution in [0.3, 0.4) is 0 Å². The fourth-order valence-corrected chi connectivity index (χ4v) is 3.92. The zero-order valence-corrected chi connectivity index (χ0v) is 11.5. The van der Waals surface area contributed by atoms with Gasteiger partial charge in [-0.2, -0.15) is 0 Å². The molecule has 2 aromatic carbocycles. The molecule has 2 bridgehead atoms. The first-order valence-electron chi connectivity index (χ1n) is 7.36. The molecule has 2 atom stereocenters. The fraction of sp³-hybridized carbons (Fsp3) is 0.333. The van der Waals surface area contributed by atoms with Gasteiger partial charge in [0.05, 0.1) is 5.60 Å². The lowest BCUT2D eigenvalue weighted by Gasteiger charge is -2.52. The number of nitrogens with zero attached hydrogens (tertiary/aromatic N) is 1. The number of benzene rings is 2. The van der Waals surface area contributed by atoms with Crippen LogP contribution in [0.15, 0.2) is 54.6 Å². The van der Waals surface area contributed by atoms with Crippen LogP contribution < -0.4 is 4.90 Å². The van der Waals surface area contributed by atoms with Crippen molar-refractivity contribution < 1.29 is 5.11 Å². The van der Waals surface area contributed by atoms with Crippen molar-refractivity contribution >= 4 is 5.69 Å². The van der Waals surface area contributed by atoms with Gasteiger partial charge in [0.25, 0.3) is 0 Å². The molecule has 3 heterocycles. The first kappa shape index (κ1) is 12.0. The van der Waals surface area contributed by atoms with E-state index in [2.05, 4.69) is 41.3 Å². The minimum atomic E-state index is -0.631. The summed E-state index contributed by atoms with van der Waals surface area (Å²) in [6, 6.07) is 18.9. The molecule has 2 nitrogen and oxygen atoms in total. The van der Waals surface area contributed by atoms with Crippen LogP contribution in [0.25, 0.3) is 0 Å². The number of anilines is 1. The van der Waals surface area contributed by atoms with Gasteiger partial charge in [-0.05, 0) is 23.6 Å². The Kier molecular flexibility index (Phi) is 2.61. The number of aliphatic hydroxyl groups is 1. The number of piperidine rings is 1. The number of hydrogen-bond donors (Lipinski definition) is 1. The second kappa shape index (κ2) is 4.35. The number of hydrogen-bond acceptors (Lipinski definition) is 2. The van der Waals surface area contributed by atoms with Crippen molar-refractivity contribution in [2.24, 2.45) is 0 Å². The molecule has 0 radical (unpaired) electrons. The van der Waals surface area contributed by atoms with Crippen molar-refractivity contribution in [1.82, 2.24) is 0 Å². The van der Waals surface area contributed by atoms with Gasteiger partial charge in [0.2, 0.25) is 0 Å². The summed E-state index contributed by atoms with van der Waals surface area (Å²) in [6.45, 7) is 1.82. The Morgan fingerprint density at radius 3 is 2.65 bits per heavy atom. The molecular weight excluding hydrogens is 246 g/mol. The minimum absolute atomic E-state index is 0.268. The van der Waals surface area contributed by atoms with Crippen LogP contribution in [0, 0.1) is 0 Å². The van der Waals surface area contributed by atoms with E-state index < -0.39 is 5.60 Å². The molecule has 0 aromatic heterocycles. The zero-order valence-electron chi connectivity index (χ0n) is 11.5. The van der Waals surface area contributed by atoms with Gasteiger partial charge in [-0.25, -0.2) is 0 Å². The summed E-state index contributed by atoms with van der Waals surface area (Å²) in [7, 11) is 0. The molecule has 2 heteroatoms. The Morgan fingerprint density at radius 2 is 1.80 bits per heavy atom. The predicted molar refractivity (Wildman–Crippen MR) is 81.1 cm³/mol. The Bertz CT molecular complexity index is 624. The van der Waals surface area contributed by atoms with E-state index in [0.29, 0.717) is 0 Å². The minimum Gasteiger partial charge on any atom is -0.387 e. The van der Waals surface area contributed by atoms with E-state index in [-0.39, 0.29) is 5.92 Å². The highest BCUT2D eigenvalue weighted by molar-refractivity contribution is 5.61. The molecule has 3 aliphatic heterocycles. The lowest BCUT2D eigenvalue weighted by atomic mass is 9.70. The smallest absolute Gasteiger partial charge is 0.0931 e. The molecule has 1 N–H and O–H groups in total. The molecule has 0 saturated carbocycles. The van der Waals surface area contributed by atoms with Gasteiger partial charge in [-0.15, -0.1) is 0 Å². The lowest BCUT2D eigenvalue weighted by Crippen LogP contribution is -2.58. The normalized spacial score (nSPS) is 27.4. The van der Waals surface area contributed by atoms with E-state index in [0.717, 1.165) is 25.9 Å². The summed E-state index contributed by atoms with van der Waals surface area (Å²) >= 11 is 0. The van der Waals surface area contributed by atoms with E-state index in [4.69, 9.17) is 0 Å². The van der Waals surface area contributed by atoms with Crippen molar-refractivity contribution in [2.75, 3.05) is 18.0 Å². The summed E-state index contributed by atoms with van der Waals surface area (Å²) in [5.74, 6) is 0.268. The number of fused-ring (bicyclic) bond motifs is 2. The predicted octanol–water partition coefficient (Wildman–Crippen LogP) is 2.97. The van der Waals surface area contributed by atoms with E-state index in [1.54, 1.807) is 0 Å². The van der Waals surface area contributed by atoms with Gasteiger partial charge in [0.1, 0.15) is 0 Å². The molecule has 0 spiro atoms. The highest BCUT2D eigenvalue weighted by Gasteiger charge is 2.47. The molecule has 20 heavy (non-hydrogen) atoms. The van der Waals surface area contributed by atoms with Crippen LogP contribution >= 0.6 is 0 Å². The summed E-state index contributed by atoms with van der Waals surface area (Å²) in [5.41, 5.74) is 3.24. The standard InChI is InChI=1S/C18H19NO/c20-18(12-14-6-2-1-3-7-14)13-19-11-10-16(18)15-8-4-5-9-17(15)19/h1-9,16,20H,10-13H2/t16-,18-/m0/s1. The Hall–Kier alpha value is -1.80. The highest BCUT2D eigenvalue weighted by Crippen LogP contribution is 2.48. The third-order valence-electron chi connectivity index (χ3n) is 4.81. The van der Waals surface area contributed by atoms with E-state index in [1.807, 2.05) is 18.2 Å². The van der Waals surface area contributed by atoms with E-state index in [1.165, 1.54) is 16.8 Å². The van der Waals surface area contributed by atoms with Gasteiger partial charge in [-0.3, -0.25) is 0 Å². The second-order valence-corrected chi connectivity index (χ2v) is 6.09. The zero-order chi connectivity index (χ0) is 13.6. The van der Waals surface area contributed by atoms with E-state index in [9.17, 15) is 5.11 Å². The molecule has 0 unspecified atom stereocenters. The van der Waals surface area contributed by atoms with Gasteiger partial charge < -0.3 is 10.0 Å². The van der Waals surface area contributed by atoms with Crippen LogP contribution in [-0.4, -0.2) is 23.8 Å². The molecule has 3 aliphatic rings. The molecular formula is C18H19NO. The third-order valence-corrected chi connectivity index (χ3v) is 4.81. The van der Waals surface area contributed by atoms with Gasteiger partial charge in [0, 0.05) is 31.1 Å². The summed E-state index contributed by atoms with van der Waals surface area (Å²) in [4.78, 5) is 2.35.